The highest BCUT2D eigenvalue weighted by atomic mass is 32.2. The second-order valence-electron chi connectivity index (χ2n) is 5.19. The highest BCUT2D eigenvalue weighted by Crippen LogP contribution is 2.22. The van der Waals surface area contributed by atoms with Gasteiger partial charge in [0.1, 0.15) is 11.4 Å². The van der Waals surface area contributed by atoms with E-state index in [1.54, 1.807) is 10.4 Å². The summed E-state index contributed by atoms with van der Waals surface area (Å²) in [4.78, 5) is 0. The third-order valence-corrected chi connectivity index (χ3v) is 5.52. The Morgan fingerprint density at radius 2 is 1.80 bits per heavy atom. The van der Waals surface area contributed by atoms with Crippen molar-refractivity contribution in [2.45, 2.75) is 31.4 Å². The quantitative estimate of drug-likeness (QED) is 0.872. The van der Waals surface area contributed by atoms with Gasteiger partial charge in [0.05, 0.1) is 0 Å². The van der Waals surface area contributed by atoms with Crippen LogP contribution < -0.4 is 0 Å². The molecule has 3 rings (SSSR count). The summed E-state index contributed by atoms with van der Waals surface area (Å²) in [5.74, 6) is -0.0794. The van der Waals surface area contributed by atoms with Gasteiger partial charge in [-0.3, -0.25) is 0 Å². The molecule has 6 heteroatoms. The van der Waals surface area contributed by atoms with Crippen LogP contribution in [0.5, 0.6) is 0 Å². The first-order valence-electron chi connectivity index (χ1n) is 6.98. The maximum Gasteiger partial charge on any atom is 0.220 e. The number of sulfonamides is 1. The van der Waals surface area contributed by atoms with Gasteiger partial charge in [-0.2, -0.15) is 0 Å². The van der Waals surface area contributed by atoms with Crippen LogP contribution in [-0.4, -0.2) is 31.0 Å². The predicted molar refractivity (Wildman–Crippen MR) is 76.7 cm³/mol. The minimum absolute atomic E-state index is 0.0794. The van der Waals surface area contributed by atoms with E-state index in [-0.39, 0.29) is 5.75 Å². The standard InChI is InChI=1S/C14H18N2O3S/c17-20(18,16-9-5-1-2-6-10-16)11-13-12-7-3-4-8-14(12)19-15-13/h3-4,7-8H,1-2,5-6,9-11H2. The van der Waals surface area contributed by atoms with Crippen LogP contribution >= 0.6 is 0 Å². The molecule has 0 aliphatic carbocycles. The average Bonchev–Trinajstić information content (AvgIpc) is 2.67. The van der Waals surface area contributed by atoms with Gasteiger partial charge in [0, 0.05) is 18.5 Å². The van der Waals surface area contributed by atoms with Gasteiger partial charge in [-0.05, 0) is 25.0 Å². The molecule has 0 atom stereocenters. The normalized spacial score (nSPS) is 18.2. The molecule has 0 bridgehead atoms. The maximum atomic E-state index is 12.5. The maximum absolute atomic E-state index is 12.5. The summed E-state index contributed by atoms with van der Waals surface area (Å²) in [5, 5.41) is 4.70. The average molecular weight is 294 g/mol. The fraction of sp³-hybridized carbons (Fsp3) is 0.500. The van der Waals surface area contributed by atoms with Crippen molar-refractivity contribution in [1.29, 1.82) is 0 Å². The predicted octanol–water partition coefficient (Wildman–Crippen LogP) is 2.53. The minimum atomic E-state index is -3.31. The van der Waals surface area contributed by atoms with Gasteiger partial charge in [-0.1, -0.05) is 30.1 Å². The Hall–Kier alpha value is -1.40. The van der Waals surface area contributed by atoms with Crippen molar-refractivity contribution in [1.82, 2.24) is 9.46 Å². The van der Waals surface area contributed by atoms with E-state index in [4.69, 9.17) is 4.52 Å². The summed E-state index contributed by atoms with van der Waals surface area (Å²) in [7, 11) is -3.31. The second-order valence-corrected chi connectivity index (χ2v) is 7.16. The zero-order valence-electron chi connectivity index (χ0n) is 11.3. The highest BCUT2D eigenvalue weighted by Gasteiger charge is 2.25. The summed E-state index contributed by atoms with van der Waals surface area (Å²) in [6.07, 6.45) is 4.11. The zero-order chi connectivity index (χ0) is 14.0. The lowest BCUT2D eigenvalue weighted by Crippen LogP contribution is -2.33. The molecule has 0 saturated carbocycles. The van der Waals surface area contributed by atoms with Gasteiger partial charge in [-0.15, -0.1) is 0 Å². The van der Waals surface area contributed by atoms with Crippen LogP contribution in [0.1, 0.15) is 31.4 Å². The number of nitrogens with zero attached hydrogens (tertiary/aromatic N) is 2. The molecule has 0 spiro atoms. The van der Waals surface area contributed by atoms with Crippen molar-refractivity contribution in [2.75, 3.05) is 13.1 Å². The van der Waals surface area contributed by atoms with Gasteiger partial charge in [-0.25, -0.2) is 12.7 Å². The summed E-state index contributed by atoms with van der Waals surface area (Å²) >= 11 is 0. The van der Waals surface area contributed by atoms with Gasteiger partial charge >= 0.3 is 0 Å². The fourth-order valence-corrected chi connectivity index (χ4v) is 4.18. The largest absolute Gasteiger partial charge is 0.356 e. The van der Waals surface area contributed by atoms with Crippen LogP contribution in [0.3, 0.4) is 0 Å². The van der Waals surface area contributed by atoms with E-state index < -0.39 is 10.0 Å². The van der Waals surface area contributed by atoms with Crippen molar-refractivity contribution in [3.63, 3.8) is 0 Å². The molecule has 1 aromatic heterocycles. The molecule has 108 valence electrons. The van der Waals surface area contributed by atoms with Gasteiger partial charge < -0.3 is 4.52 Å². The number of hydrogen-bond donors (Lipinski definition) is 0. The van der Waals surface area contributed by atoms with Crippen molar-refractivity contribution in [3.8, 4) is 0 Å². The van der Waals surface area contributed by atoms with E-state index in [1.807, 2.05) is 18.2 Å². The number of benzene rings is 1. The lowest BCUT2D eigenvalue weighted by atomic mass is 10.2. The zero-order valence-corrected chi connectivity index (χ0v) is 12.1. The lowest BCUT2D eigenvalue weighted by molar-refractivity contribution is 0.418. The summed E-state index contributed by atoms with van der Waals surface area (Å²) in [6.45, 7) is 1.25. The van der Waals surface area contributed by atoms with Crippen LogP contribution in [0, 0.1) is 0 Å². The Bertz CT molecular complexity index is 685. The Labute approximate surface area is 118 Å². The molecule has 1 fully saturated rings. The number of rotatable bonds is 3. The van der Waals surface area contributed by atoms with Crippen LogP contribution in [0.15, 0.2) is 28.8 Å². The molecule has 0 radical (unpaired) electrons. The molecule has 0 N–H and O–H groups in total. The fourth-order valence-electron chi connectivity index (χ4n) is 2.63. The van der Waals surface area contributed by atoms with E-state index in [0.717, 1.165) is 31.1 Å². The summed E-state index contributed by atoms with van der Waals surface area (Å²) in [6, 6.07) is 7.35. The van der Waals surface area contributed by atoms with E-state index >= 15 is 0 Å². The van der Waals surface area contributed by atoms with Crippen LogP contribution in [-0.2, 0) is 15.8 Å². The molecule has 1 saturated heterocycles. The molecule has 0 amide bonds. The van der Waals surface area contributed by atoms with Gasteiger partial charge in [0.2, 0.25) is 10.0 Å². The molecule has 1 aliphatic rings. The molecule has 2 heterocycles. The third kappa shape index (κ3) is 2.71. The summed E-state index contributed by atoms with van der Waals surface area (Å²) < 4.78 is 31.8. The van der Waals surface area contributed by atoms with E-state index in [1.165, 1.54) is 0 Å². The highest BCUT2D eigenvalue weighted by molar-refractivity contribution is 7.88. The minimum Gasteiger partial charge on any atom is -0.356 e. The lowest BCUT2D eigenvalue weighted by Gasteiger charge is -2.19. The first kappa shape index (κ1) is 13.6. The van der Waals surface area contributed by atoms with E-state index in [0.29, 0.717) is 24.4 Å². The Balaban J connectivity index is 1.85. The molecule has 5 nitrogen and oxygen atoms in total. The number of fused-ring (bicyclic) bond motifs is 1. The SMILES string of the molecule is O=S(=O)(Cc1noc2ccccc12)N1CCCCCC1. The summed E-state index contributed by atoms with van der Waals surface area (Å²) in [5.41, 5.74) is 1.14. The topological polar surface area (TPSA) is 63.4 Å². The molecular formula is C14H18N2O3S. The first-order chi connectivity index (χ1) is 9.67. The monoisotopic (exact) mass is 294 g/mol. The first-order valence-corrected chi connectivity index (χ1v) is 8.59. The smallest absolute Gasteiger partial charge is 0.220 e. The van der Waals surface area contributed by atoms with E-state index in [2.05, 4.69) is 5.16 Å². The number of hydrogen-bond acceptors (Lipinski definition) is 4. The van der Waals surface area contributed by atoms with Crippen LogP contribution in [0.25, 0.3) is 11.0 Å². The van der Waals surface area contributed by atoms with Crippen LogP contribution in [0.2, 0.25) is 0 Å². The van der Waals surface area contributed by atoms with Gasteiger partial charge in [0.25, 0.3) is 0 Å². The molecule has 0 unspecified atom stereocenters. The number of para-hydroxylation sites is 1. The van der Waals surface area contributed by atoms with Crippen molar-refractivity contribution >= 4 is 21.0 Å². The molecule has 20 heavy (non-hydrogen) atoms. The second kappa shape index (κ2) is 5.54. The molecule has 2 aromatic rings. The van der Waals surface area contributed by atoms with Crippen molar-refractivity contribution in [3.05, 3.63) is 30.0 Å². The van der Waals surface area contributed by atoms with Gasteiger partial charge in [0.15, 0.2) is 5.58 Å². The molecule has 1 aromatic carbocycles. The Kier molecular flexibility index (Phi) is 3.76. The van der Waals surface area contributed by atoms with Crippen molar-refractivity contribution < 1.29 is 12.9 Å². The number of aromatic nitrogens is 1. The molecular weight excluding hydrogens is 276 g/mol. The third-order valence-electron chi connectivity index (χ3n) is 3.73. The Morgan fingerprint density at radius 1 is 1.10 bits per heavy atom. The van der Waals surface area contributed by atoms with Crippen LogP contribution in [0.4, 0.5) is 0 Å². The van der Waals surface area contributed by atoms with E-state index in [9.17, 15) is 8.42 Å². The van der Waals surface area contributed by atoms with Crippen molar-refractivity contribution in [2.24, 2.45) is 0 Å². The Morgan fingerprint density at radius 3 is 2.55 bits per heavy atom. The molecule has 1 aliphatic heterocycles.